The maximum absolute atomic E-state index is 11.4. The van der Waals surface area contributed by atoms with Gasteiger partial charge in [-0.25, -0.2) is 13.1 Å². The Bertz CT molecular complexity index is 603. The lowest BCUT2D eigenvalue weighted by Crippen LogP contribution is -2.42. The van der Waals surface area contributed by atoms with Gasteiger partial charge in [-0.3, -0.25) is 4.99 Å². The molecular formula is C18H32N4O2S. The average Bonchev–Trinajstić information content (AvgIpc) is 2.60. The van der Waals surface area contributed by atoms with Crippen molar-refractivity contribution in [2.24, 2.45) is 4.99 Å². The number of benzene rings is 1. The number of hydrogen-bond acceptors (Lipinski definition) is 3. The molecule has 0 saturated heterocycles. The van der Waals surface area contributed by atoms with Crippen LogP contribution in [-0.2, 0) is 16.4 Å². The summed E-state index contributed by atoms with van der Waals surface area (Å²) in [5, 5.41) is 6.64. The van der Waals surface area contributed by atoms with Gasteiger partial charge in [-0.05, 0) is 45.6 Å². The molecule has 0 aliphatic rings. The van der Waals surface area contributed by atoms with Crippen molar-refractivity contribution in [2.75, 3.05) is 25.4 Å². The van der Waals surface area contributed by atoms with Crippen LogP contribution in [0, 0.1) is 0 Å². The molecule has 0 spiro atoms. The lowest BCUT2D eigenvalue weighted by atomic mass is 10.1. The summed E-state index contributed by atoms with van der Waals surface area (Å²) in [6, 6.07) is 10.7. The topological polar surface area (TPSA) is 82.6 Å². The van der Waals surface area contributed by atoms with Crippen molar-refractivity contribution in [1.29, 1.82) is 0 Å². The van der Waals surface area contributed by atoms with E-state index in [0.29, 0.717) is 25.6 Å². The molecule has 0 bridgehead atoms. The standard InChI is InChI=1S/C18H32N4O2S/c1-4-19-18(20-14-9-15-21-25(23,24)5-2)22-16(3)12-13-17-10-7-6-8-11-17/h6-8,10-11,16,21H,4-5,9,12-15H2,1-3H3,(H2,19,20,22). The van der Waals surface area contributed by atoms with E-state index in [1.54, 1.807) is 6.92 Å². The summed E-state index contributed by atoms with van der Waals surface area (Å²) in [6.45, 7) is 7.59. The normalized spacial score (nSPS) is 13.5. The second-order valence-corrected chi connectivity index (χ2v) is 8.08. The van der Waals surface area contributed by atoms with Crippen LogP contribution < -0.4 is 15.4 Å². The lowest BCUT2D eigenvalue weighted by Gasteiger charge is -2.18. The number of aliphatic imine (C=N–C) groups is 1. The molecule has 3 N–H and O–H groups in total. The van der Waals surface area contributed by atoms with Crippen LogP contribution in [0.2, 0.25) is 0 Å². The molecule has 142 valence electrons. The van der Waals surface area contributed by atoms with Gasteiger partial charge in [0.15, 0.2) is 5.96 Å². The first-order valence-corrected chi connectivity index (χ1v) is 10.7. The minimum absolute atomic E-state index is 0.111. The molecule has 25 heavy (non-hydrogen) atoms. The number of guanidine groups is 1. The summed E-state index contributed by atoms with van der Waals surface area (Å²) in [7, 11) is -3.11. The Morgan fingerprint density at radius 1 is 1.20 bits per heavy atom. The largest absolute Gasteiger partial charge is 0.357 e. The van der Waals surface area contributed by atoms with Gasteiger partial charge in [-0.15, -0.1) is 0 Å². The zero-order chi connectivity index (χ0) is 18.5. The van der Waals surface area contributed by atoms with Crippen LogP contribution in [-0.4, -0.2) is 45.8 Å². The Balaban J connectivity index is 2.36. The van der Waals surface area contributed by atoms with E-state index in [-0.39, 0.29) is 5.75 Å². The van der Waals surface area contributed by atoms with Gasteiger partial charge in [0.1, 0.15) is 0 Å². The third-order valence-corrected chi connectivity index (χ3v) is 5.15. The number of nitrogens with one attached hydrogen (secondary N) is 3. The van der Waals surface area contributed by atoms with E-state index in [2.05, 4.69) is 51.5 Å². The zero-order valence-corrected chi connectivity index (χ0v) is 16.4. The molecule has 1 atom stereocenters. The molecule has 1 rings (SSSR count). The highest BCUT2D eigenvalue weighted by Gasteiger charge is 2.06. The second-order valence-electron chi connectivity index (χ2n) is 5.98. The van der Waals surface area contributed by atoms with Gasteiger partial charge in [0.2, 0.25) is 10.0 Å². The van der Waals surface area contributed by atoms with Crippen molar-refractivity contribution >= 4 is 16.0 Å². The molecule has 0 fully saturated rings. The van der Waals surface area contributed by atoms with Crippen LogP contribution in [0.25, 0.3) is 0 Å². The van der Waals surface area contributed by atoms with Crippen LogP contribution in [0.3, 0.4) is 0 Å². The van der Waals surface area contributed by atoms with Crippen molar-refractivity contribution < 1.29 is 8.42 Å². The Kier molecular flexibility index (Phi) is 10.2. The molecule has 0 amide bonds. The van der Waals surface area contributed by atoms with Crippen LogP contribution in [0.4, 0.5) is 0 Å². The third kappa shape index (κ3) is 10.1. The summed E-state index contributed by atoms with van der Waals surface area (Å²) in [5.41, 5.74) is 1.33. The van der Waals surface area contributed by atoms with Crippen LogP contribution >= 0.6 is 0 Å². The van der Waals surface area contributed by atoms with Crippen molar-refractivity contribution in [3.63, 3.8) is 0 Å². The molecule has 0 aliphatic carbocycles. The minimum Gasteiger partial charge on any atom is -0.357 e. The van der Waals surface area contributed by atoms with Gasteiger partial charge in [-0.1, -0.05) is 30.3 Å². The SMILES string of the molecule is CCNC(=NCCCNS(=O)(=O)CC)NC(C)CCc1ccccc1. The van der Waals surface area contributed by atoms with E-state index in [1.165, 1.54) is 5.56 Å². The van der Waals surface area contributed by atoms with Crippen LogP contribution in [0.15, 0.2) is 35.3 Å². The van der Waals surface area contributed by atoms with E-state index in [0.717, 1.165) is 25.3 Å². The van der Waals surface area contributed by atoms with E-state index in [4.69, 9.17) is 0 Å². The highest BCUT2D eigenvalue weighted by molar-refractivity contribution is 7.89. The summed E-state index contributed by atoms with van der Waals surface area (Å²) < 4.78 is 25.3. The fourth-order valence-corrected chi connectivity index (χ4v) is 2.91. The minimum atomic E-state index is -3.11. The highest BCUT2D eigenvalue weighted by Crippen LogP contribution is 2.04. The van der Waals surface area contributed by atoms with Gasteiger partial charge < -0.3 is 10.6 Å². The third-order valence-electron chi connectivity index (χ3n) is 3.74. The fraction of sp³-hybridized carbons (Fsp3) is 0.611. The Morgan fingerprint density at radius 3 is 2.56 bits per heavy atom. The molecular weight excluding hydrogens is 336 g/mol. The molecule has 1 aromatic rings. The predicted molar refractivity (Wildman–Crippen MR) is 105 cm³/mol. The quantitative estimate of drug-likeness (QED) is 0.316. The molecule has 0 aliphatic heterocycles. The summed E-state index contributed by atoms with van der Waals surface area (Å²) in [6.07, 6.45) is 2.71. The maximum Gasteiger partial charge on any atom is 0.211 e. The first-order valence-electron chi connectivity index (χ1n) is 9.03. The molecule has 7 heteroatoms. The second kappa shape index (κ2) is 11.9. The summed E-state index contributed by atoms with van der Waals surface area (Å²) >= 11 is 0. The van der Waals surface area contributed by atoms with E-state index < -0.39 is 10.0 Å². The molecule has 0 aromatic heterocycles. The average molecular weight is 369 g/mol. The number of aryl methyl sites for hydroxylation is 1. The Morgan fingerprint density at radius 2 is 1.92 bits per heavy atom. The molecule has 6 nitrogen and oxygen atoms in total. The van der Waals surface area contributed by atoms with Gasteiger partial charge in [-0.2, -0.15) is 0 Å². The maximum atomic E-state index is 11.4. The Labute approximate surface area is 152 Å². The van der Waals surface area contributed by atoms with Crippen molar-refractivity contribution in [2.45, 2.75) is 46.1 Å². The van der Waals surface area contributed by atoms with Gasteiger partial charge in [0.05, 0.1) is 5.75 Å². The number of sulfonamides is 1. The lowest BCUT2D eigenvalue weighted by molar-refractivity contribution is 0.580. The van der Waals surface area contributed by atoms with Crippen LogP contribution in [0.5, 0.6) is 0 Å². The monoisotopic (exact) mass is 368 g/mol. The fourth-order valence-electron chi connectivity index (χ4n) is 2.25. The van der Waals surface area contributed by atoms with Gasteiger partial charge in [0, 0.05) is 25.7 Å². The molecule has 0 saturated carbocycles. The highest BCUT2D eigenvalue weighted by atomic mass is 32.2. The van der Waals surface area contributed by atoms with Crippen LogP contribution in [0.1, 0.15) is 39.2 Å². The predicted octanol–water partition coefficient (Wildman–Crippen LogP) is 1.89. The van der Waals surface area contributed by atoms with Gasteiger partial charge >= 0.3 is 0 Å². The summed E-state index contributed by atoms with van der Waals surface area (Å²) in [4.78, 5) is 4.51. The van der Waals surface area contributed by atoms with Crippen molar-refractivity contribution in [3.8, 4) is 0 Å². The smallest absolute Gasteiger partial charge is 0.211 e. The van der Waals surface area contributed by atoms with Crippen molar-refractivity contribution in [3.05, 3.63) is 35.9 Å². The van der Waals surface area contributed by atoms with E-state index >= 15 is 0 Å². The molecule has 1 aromatic carbocycles. The van der Waals surface area contributed by atoms with Crippen molar-refractivity contribution in [1.82, 2.24) is 15.4 Å². The molecule has 0 heterocycles. The summed E-state index contributed by atoms with van der Waals surface area (Å²) in [5.74, 6) is 0.890. The van der Waals surface area contributed by atoms with E-state index in [9.17, 15) is 8.42 Å². The molecule has 0 radical (unpaired) electrons. The van der Waals surface area contributed by atoms with Gasteiger partial charge in [0.25, 0.3) is 0 Å². The zero-order valence-electron chi connectivity index (χ0n) is 15.6. The number of nitrogens with zero attached hydrogens (tertiary/aromatic N) is 1. The first-order chi connectivity index (χ1) is 12.0. The molecule has 1 unspecified atom stereocenters. The Hall–Kier alpha value is -1.60. The number of rotatable bonds is 11. The first kappa shape index (κ1) is 21.4. The number of hydrogen-bond donors (Lipinski definition) is 3. The van der Waals surface area contributed by atoms with E-state index in [1.807, 2.05) is 13.0 Å².